The summed E-state index contributed by atoms with van der Waals surface area (Å²) >= 11 is 0. The molecule has 0 fully saturated rings. The molecule has 0 aromatic carbocycles. The SMILES string of the molecule is FC(F)C(F)C(F)C(F)C(F)(F)C(F)F. The molecule has 0 aliphatic carbocycles. The Balaban J connectivity index is 4.63. The van der Waals surface area contributed by atoms with Gasteiger partial charge in [-0.15, -0.1) is 0 Å². The Morgan fingerprint density at radius 1 is 0.667 bits per heavy atom. The van der Waals surface area contributed by atoms with Crippen LogP contribution in [0.15, 0.2) is 0 Å². The van der Waals surface area contributed by atoms with Crippen molar-refractivity contribution in [2.24, 2.45) is 0 Å². The molecule has 0 aliphatic rings. The van der Waals surface area contributed by atoms with Crippen LogP contribution in [-0.2, 0) is 0 Å². The fraction of sp³-hybridized carbons (Fsp3) is 1.00. The van der Waals surface area contributed by atoms with E-state index in [0.717, 1.165) is 0 Å². The summed E-state index contributed by atoms with van der Waals surface area (Å²) < 4.78 is 106. The Kier molecular flexibility index (Phi) is 4.72. The number of hydrogen-bond acceptors (Lipinski definition) is 0. The maximum absolute atomic E-state index is 12.3. The molecule has 3 atom stereocenters. The molecule has 15 heavy (non-hydrogen) atoms. The van der Waals surface area contributed by atoms with Gasteiger partial charge >= 0.3 is 12.3 Å². The predicted molar refractivity (Wildman–Crippen MR) is 31.6 cm³/mol. The van der Waals surface area contributed by atoms with Gasteiger partial charge in [0.2, 0.25) is 6.17 Å². The van der Waals surface area contributed by atoms with Gasteiger partial charge in [0.05, 0.1) is 0 Å². The van der Waals surface area contributed by atoms with Gasteiger partial charge < -0.3 is 0 Å². The van der Waals surface area contributed by atoms with Crippen LogP contribution in [0.2, 0.25) is 0 Å². The van der Waals surface area contributed by atoms with Gasteiger partial charge in [0.15, 0.2) is 12.3 Å². The van der Waals surface area contributed by atoms with Crippen LogP contribution in [0.1, 0.15) is 0 Å². The summed E-state index contributed by atoms with van der Waals surface area (Å²) in [5.74, 6) is -5.50. The van der Waals surface area contributed by atoms with Gasteiger partial charge in [0, 0.05) is 0 Å². The minimum atomic E-state index is -5.50. The fourth-order valence-corrected chi connectivity index (χ4v) is 0.633. The van der Waals surface area contributed by atoms with E-state index in [0.29, 0.717) is 0 Å². The zero-order valence-electron chi connectivity index (χ0n) is 6.79. The molecule has 0 nitrogen and oxygen atoms in total. The lowest BCUT2D eigenvalue weighted by Gasteiger charge is -2.23. The highest BCUT2D eigenvalue weighted by atomic mass is 19.3. The van der Waals surface area contributed by atoms with E-state index in [1.165, 1.54) is 0 Å². The average molecular weight is 248 g/mol. The van der Waals surface area contributed by atoms with Crippen molar-refractivity contribution in [3.63, 3.8) is 0 Å². The lowest BCUT2D eigenvalue weighted by atomic mass is 10.1. The lowest BCUT2D eigenvalue weighted by Crippen LogP contribution is -2.47. The van der Waals surface area contributed by atoms with Gasteiger partial charge in [0.25, 0.3) is 6.43 Å². The molecular formula is C6H5F9. The summed E-state index contributed by atoms with van der Waals surface area (Å²) in [7, 11) is 0. The Hall–Kier alpha value is -0.630. The van der Waals surface area contributed by atoms with Crippen LogP contribution in [0.4, 0.5) is 39.5 Å². The summed E-state index contributed by atoms with van der Waals surface area (Å²) in [6, 6.07) is 0. The van der Waals surface area contributed by atoms with Gasteiger partial charge in [-0.3, -0.25) is 0 Å². The topological polar surface area (TPSA) is 0 Å². The summed E-state index contributed by atoms with van der Waals surface area (Å²) in [5, 5.41) is 0. The molecule has 0 heterocycles. The largest absolute Gasteiger partial charge is 0.340 e. The fourth-order valence-electron chi connectivity index (χ4n) is 0.633. The van der Waals surface area contributed by atoms with Crippen LogP contribution < -0.4 is 0 Å². The molecule has 0 saturated heterocycles. The van der Waals surface area contributed by atoms with Crippen LogP contribution in [-0.4, -0.2) is 37.3 Å². The van der Waals surface area contributed by atoms with Crippen molar-refractivity contribution in [2.75, 3.05) is 0 Å². The number of rotatable bonds is 5. The van der Waals surface area contributed by atoms with Crippen molar-refractivity contribution in [2.45, 2.75) is 37.3 Å². The van der Waals surface area contributed by atoms with Crippen LogP contribution >= 0.6 is 0 Å². The van der Waals surface area contributed by atoms with Crippen LogP contribution in [0.3, 0.4) is 0 Å². The highest BCUT2D eigenvalue weighted by Crippen LogP contribution is 2.34. The van der Waals surface area contributed by atoms with Gasteiger partial charge in [-0.1, -0.05) is 0 Å². The zero-order chi connectivity index (χ0) is 12.4. The molecule has 9 heteroatoms. The second-order valence-electron chi connectivity index (χ2n) is 2.60. The highest BCUT2D eigenvalue weighted by molar-refractivity contribution is 4.89. The monoisotopic (exact) mass is 248 g/mol. The molecule has 0 amide bonds. The number of hydrogen-bond donors (Lipinski definition) is 0. The van der Waals surface area contributed by atoms with Crippen molar-refractivity contribution < 1.29 is 39.5 Å². The Morgan fingerprint density at radius 2 is 1.07 bits per heavy atom. The van der Waals surface area contributed by atoms with E-state index in [-0.39, 0.29) is 0 Å². The van der Waals surface area contributed by atoms with E-state index < -0.39 is 37.3 Å². The van der Waals surface area contributed by atoms with E-state index in [4.69, 9.17) is 0 Å². The van der Waals surface area contributed by atoms with Crippen LogP contribution in [0.25, 0.3) is 0 Å². The second-order valence-corrected chi connectivity index (χ2v) is 2.60. The smallest absolute Gasteiger partial charge is 0.241 e. The number of halogens is 9. The Labute approximate surface area is 78.1 Å². The first kappa shape index (κ1) is 14.4. The van der Waals surface area contributed by atoms with E-state index in [1.807, 2.05) is 0 Å². The van der Waals surface area contributed by atoms with Gasteiger partial charge in [-0.25, -0.2) is 30.7 Å². The maximum atomic E-state index is 12.3. The van der Waals surface area contributed by atoms with Gasteiger partial charge in [0.1, 0.15) is 0 Å². The minimum absolute atomic E-state index is 3.87. The molecule has 0 aliphatic heterocycles. The summed E-state index contributed by atoms with van der Waals surface area (Å²) in [5.41, 5.74) is 0. The van der Waals surface area contributed by atoms with Crippen molar-refractivity contribution in [1.82, 2.24) is 0 Å². The molecule has 0 aromatic heterocycles. The first-order chi connectivity index (χ1) is 6.62. The third kappa shape index (κ3) is 3.16. The Bertz CT molecular complexity index is 191. The van der Waals surface area contributed by atoms with Crippen molar-refractivity contribution in [3.05, 3.63) is 0 Å². The molecule has 0 bridgehead atoms. The minimum Gasteiger partial charge on any atom is -0.241 e. The maximum Gasteiger partial charge on any atom is 0.340 e. The van der Waals surface area contributed by atoms with E-state index >= 15 is 0 Å². The third-order valence-electron chi connectivity index (χ3n) is 1.48. The number of alkyl halides is 9. The Morgan fingerprint density at radius 3 is 1.33 bits per heavy atom. The van der Waals surface area contributed by atoms with Crippen molar-refractivity contribution >= 4 is 0 Å². The van der Waals surface area contributed by atoms with E-state index in [1.54, 1.807) is 0 Å². The van der Waals surface area contributed by atoms with E-state index in [2.05, 4.69) is 0 Å². The summed E-state index contributed by atoms with van der Waals surface area (Å²) in [6.45, 7) is 0. The van der Waals surface area contributed by atoms with E-state index in [9.17, 15) is 39.5 Å². The second kappa shape index (κ2) is 4.93. The first-order valence-corrected chi connectivity index (χ1v) is 3.48. The molecule has 0 N–H and O–H groups in total. The molecule has 0 rings (SSSR count). The summed E-state index contributed by atoms with van der Waals surface area (Å²) in [6.07, 6.45) is -20.9. The van der Waals surface area contributed by atoms with Crippen molar-refractivity contribution in [1.29, 1.82) is 0 Å². The molecule has 0 radical (unpaired) electrons. The predicted octanol–water partition coefficient (Wildman–Crippen LogP) is 3.17. The molecule has 0 spiro atoms. The standard InChI is InChI=1S/C6H5F9/c7-1(2(8)4(10)11)3(9)6(14,15)5(12)13/h1-5H. The highest BCUT2D eigenvalue weighted by Gasteiger charge is 2.56. The molecular weight excluding hydrogens is 243 g/mol. The van der Waals surface area contributed by atoms with Gasteiger partial charge in [-0.05, 0) is 0 Å². The molecule has 0 saturated carbocycles. The first-order valence-electron chi connectivity index (χ1n) is 3.48. The third-order valence-corrected chi connectivity index (χ3v) is 1.48. The molecule has 3 unspecified atom stereocenters. The summed E-state index contributed by atoms with van der Waals surface area (Å²) in [4.78, 5) is 0. The normalized spacial score (nSPS) is 19.4. The quantitative estimate of drug-likeness (QED) is 0.655. The van der Waals surface area contributed by atoms with Crippen LogP contribution in [0.5, 0.6) is 0 Å². The molecule has 0 aromatic rings. The van der Waals surface area contributed by atoms with Crippen molar-refractivity contribution in [3.8, 4) is 0 Å². The van der Waals surface area contributed by atoms with Crippen LogP contribution in [0, 0.1) is 0 Å². The van der Waals surface area contributed by atoms with Gasteiger partial charge in [-0.2, -0.15) is 8.78 Å². The average Bonchev–Trinajstić information content (AvgIpc) is 2.13. The molecule has 92 valence electrons. The zero-order valence-corrected chi connectivity index (χ0v) is 6.79. The lowest BCUT2D eigenvalue weighted by molar-refractivity contribution is -0.195.